The molecule has 0 aliphatic carbocycles. The first-order valence-corrected chi connectivity index (χ1v) is 4.97. The van der Waals surface area contributed by atoms with Gasteiger partial charge >= 0.3 is 0 Å². The molecule has 0 saturated carbocycles. The Hall–Kier alpha value is -0.770. The van der Waals surface area contributed by atoms with Crippen molar-refractivity contribution >= 4 is 24.0 Å². The summed E-state index contributed by atoms with van der Waals surface area (Å²) in [5.41, 5.74) is 6.25. The van der Waals surface area contributed by atoms with Crippen molar-refractivity contribution in [3.63, 3.8) is 0 Å². The third kappa shape index (κ3) is 3.37. The van der Waals surface area contributed by atoms with E-state index >= 15 is 0 Å². The van der Waals surface area contributed by atoms with Gasteiger partial charge in [-0.3, -0.25) is 0 Å². The van der Waals surface area contributed by atoms with Crippen molar-refractivity contribution in [1.29, 1.82) is 0 Å². The minimum atomic E-state index is -0.503. The van der Waals surface area contributed by atoms with Crippen LogP contribution in [0, 0.1) is 5.82 Å². The standard InChI is InChI=1S/C11H13ClFNO.ClH/c1-3-10(14)7-5-8(12)11(15-4-2)9(13)6-7;/h3,5-6,10H,1,4,14H2,2H3;1H/t10-;/m0./s1. The third-order valence-corrected chi connectivity index (χ3v) is 2.23. The highest BCUT2D eigenvalue weighted by Crippen LogP contribution is 2.31. The van der Waals surface area contributed by atoms with Crippen molar-refractivity contribution in [2.45, 2.75) is 13.0 Å². The minimum Gasteiger partial charge on any atom is -0.489 e. The number of rotatable bonds is 4. The van der Waals surface area contributed by atoms with Gasteiger partial charge in [-0.2, -0.15) is 0 Å². The van der Waals surface area contributed by atoms with Gasteiger partial charge in [-0.15, -0.1) is 19.0 Å². The maximum atomic E-state index is 13.5. The lowest BCUT2D eigenvalue weighted by Crippen LogP contribution is -2.07. The number of halogens is 3. The second-order valence-electron chi connectivity index (χ2n) is 3.01. The Labute approximate surface area is 106 Å². The van der Waals surface area contributed by atoms with Gasteiger partial charge in [-0.05, 0) is 24.6 Å². The molecular formula is C11H14Cl2FNO. The fraction of sp³-hybridized carbons (Fsp3) is 0.273. The predicted molar refractivity (Wildman–Crippen MR) is 67.0 cm³/mol. The van der Waals surface area contributed by atoms with Crippen LogP contribution in [0.5, 0.6) is 5.75 Å². The maximum absolute atomic E-state index is 13.5. The molecular weight excluding hydrogens is 252 g/mol. The van der Waals surface area contributed by atoms with E-state index < -0.39 is 11.9 Å². The quantitative estimate of drug-likeness (QED) is 0.847. The SMILES string of the molecule is C=C[C@H](N)c1cc(F)c(OCC)c(Cl)c1.Cl. The molecule has 0 aliphatic heterocycles. The van der Waals surface area contributed by atoms with E-state index in [1.54, 1.807) is 13.0 Å². The van der Waals surface area contributed by atoms with Gasteiger partial charge in [0.15, 0.2) is 11.6 Å². The van der Waals surface area contributed by atoms with Gasteiger partial charge in [-0.25, -0.2) is 4.39 Å². The molecule has 0 bridgehead atoms. The fourth-order valence-electron chi connectivity index (χ4n) is 1.19. The molecule has 0 spiro atoms. The Morgan fingerprint density at radius 1 is 1.62 bits per heavy atom. The van der Waals surface area contributed by atoms with Crippen molar-refractivity contribution in [2.75, 3.05) is 6.61 Å². The average Bonchev–Trinajstić information content (AvgIpc) is 2.22. The first-order chi connectivity index (χ1) is 7.10. The molecule has 0 aliphatic rings. The minimum absolute atomic E-state index is 0. The van der Waals surface area contributed by atoms with Gasteiger partial charge in [-0.1, -0.05) is 17.7 Å². The molecule has 90 valence electrons. The average molecular weight is 266 g/mol. The molecule has 1 aromatic rings. The molecule has 0 aromatic heterocycles. The van der Waals surface area contributed by atoms with E-state index in [1.165, 1.54) is 12.1 Å². The highest BCUT2D eigenvalue weighted by atomic mass is 35.5. The monoisotopic (exact) mass is 265 g/mol. The zero-order valence-corrected chi connectivity index (χ0v) is 10.4. The number of nitrogens with two attached hydrogens (primary N) is 1. The molecule has 0 fully saturated rings. The topological polar surface area (TPSA) is 35.2 Å². The second-order valence-corrected chi connectivity index (χ2v) is 3.42. The van der Waals surface area contributed by atoms with Crippen LogP contribution in [0.15, 0.2) is 24.8 Å². The summed E-state index contributed by atoms with van der Waals surface area (Å²) in [5, 5.41) is 0.226. The van der Waals surface area contributed by atoms with Crippen LogP contribution in [-0.4, -0.2) is 6.61 Å². The van der Waals surface area contributed by atoms with Crippen LogP contribution in [-0.2, 0) is 0 Å². The molecule has 0 amide bonds. The van der Waals surface area contributed by atoms with Gasteiger partial charge in [0, 0.05) is 6.04 Å². The van der Waals surface area contributed by atoms with Crippen LogP contribution in [0.4, 0.5) is 4.39 Å². The molecule has 0 saturated heterocycles. The Morgan fingerprint density at radius 3 is 2.69 bits per heavy atom. The van der Waals surface area contributed by atoms with Crippen LogP contribution < -0.4 is 10.5 Å². The van der Waals surface area contributed by atoms with Crippen molar-refractivity contribution < 1.29 is 9.13 Å². The lowest BCUT2D eigenvalue weighted by Gasteiger charge is -2.11. The number of benzene rings is 1. The summed E-state index contributed by atoms with van der Waals surface area (Å²) in [4.78, 5) is 0. The Bertz CT molecular complexity index is 348. The molecule has 2 nitrogen and oxygen atoms in total. The number of hydrogen-bond donors (Lipinski definition) is 1. The summed E-state index contributed by atoms with van der Waals surface area (Å²) in [6.45, 7) is 5.66. The van der Waals surface area contributed by atoms with E-state index in [4.69, 9.17) is 22.1 Å². The van der Waals surface area contributed by atoms with E-state index in [9.17, 15) is 4.39 Å². The molecule has 1 rings (SSSR count). The number of hydrogen-bond acceptors (Lipinski definition) is 2. The fourth-order valence-corrected chi connectivity index (χ4v) is 1.46. The first kappa shape index (κ1) is 15.2. The predicted octanol–water partition coefficient (Wildman–Crippen LogP) is 3.49. The van der Waals surface area contributed by atoms with E-state index in [0.717, 1.165) is 0 Å². The van der Waals surface area contributed by atoms with Crippen molar-refractivity contribution in [2.24, 2.45) is 5.73 Å². The summed E-state index contributed by atoms with van der Waals surface area (Å²) >= 11 is 5.86. The van der Waals surface area contributed by atoms with Gasteiger partial charge < -0.3 is 10.5 Å². The lowest BCUT2D eigenvalue weighted by molar-refractivity contribution is 0.321. The van der Waals surface area contributed by atoms with Crippen molar-refractivity contribution in [1.82, 2.24) is 0 Å². The van der Waals surface area contributed by atoms with Gasteiger partial charge in [0.25, 0.3) is 0 Å². The van der Waals surface area contributed by atoms with Crippen molar-refractivity contribution in [3.05, 3.63) is 41.2 Å². The first-order valence-electron chi connectivity index (χ1n) is 4.60. The normalized spacial score (nSPS) is 11.5. The summed E-state index contributed by atoms with van der Waals surface area (Å²) in [6.07, 6.45) is 1.52. The van der Waals surface area contributed by atoms with E-state index in [-0.39, 0.29) is 23.2 Å². The van der Waals surface area contributed by atoms with Gasteiger partial charge in [0.05, 0.1) is 11.6 Å². The highest BCUT2D eigenvalue weighted by Gasteiger charge is 2.12. The molecule has 16 heavy (non-hydrogen) atoms. The molecule has 1 atom stereocenters. The molecule has 0 radical (unpaired) electrons. The molecule has 1 aromatic carbocycles. The lowest BCUT2D eigenvalue weighted by atomic mass is 10.1. The number of ether oxygens (including phenoxy) is 1. The largest absolute Gasteiger partial charge is 0.489 e. The summed E-state index contributed by atoms with van der Waals surface area (Å²) in [7, 11) is 0. The molecule has 0 heterocycles. The summed E-state index contributed by atoms with van der Waals surface area (Å²) in [6, 6.07) is 2.47. The molecule has 2 N–H and O–H groups in total. The zero-order valence-electron chi connectivity index (χ0n) is 8.87. The van der Waals surface area contributed by atoms with Gasteiger partial charge in [0.1, 0.15) is 0 Å². The van der Waals surface area contributed by atoms with Crippen molar-refractivity contribution in [3.8, 4) is 5.75 Å². The van der Waals surface area contributed by atoms with Crippen LogP contribution >= 0.6 is 24.0 Å². The Kier molecular flexibility index (Phi) is 6.41. The van der Waals surface area contributed by atoms with Crippen LogP contribution in [0.25, 0.3) is 0 Å². The zero-order chi connectivity index (χ0) is 11.4. The maximum Gasteiger partial charge on any atom is 0.173 e. The third-order valence-electron chi connectivity index (χ3n) is 1.95. The summed E-state index contributed by atoms with van der Waals surface area (Å²) in [5.74, 6) is -0.434. The highest BCUT2D eigenvalue weighted by molar-refractivity contribution is 6.32. The van der Waals surface area contributed by atoms with E-state index in [1.807, 2.05) is 0 Å². The van der Waals surface area contributed by atoms with Gasteiger partial charge in [0.2, 0.25) is 0 Å². The van der Waals surface area contributed by atoms with Crippen LogP contribution in [0.3, 0.4) is 0 Å². The van der Waals surface area contributed by atoms with Crippen LogP contribution in [0.1, 0.15) is 18.5 Å². The second kappa shape index (κ2) is 6.74. The smallest absolute Gasteiger partial charge is 0.173 e. The molecule has 5 heteroatoms. The van der Waals surface area contributed by atoms with E-state index in [0.29, 0.717) is 12.2 Å². The Balaban J connectivity index is 0.00000225. The van der Waals surface area contributed by atoms with E-state index in [2.05, 4.69) is 6.58 Å². The van der Waals surface area contributed by atoms with Crippen LogP contribution in [0.2, 0.25) is 5.02 Å². The Morgan fingerprint density at radius 2 is 2.25 bits per heavy atom. The molecule has 0 unspecified atom stereocenters. The summed E-state index contributed by atoms with van der Waals surface area (Å²) < 4.78 is 18.6.